The number of hydrogen-bond donors (Lipinski definition) is 2. The molecule has 0 spiro atoms. The minimum atomic E-state index is -0.148. The van der Waals surface area contributed by atoms with Crippen LogP contribution in [-0.4, -0.2) is 15.9 Å². The predicted molar refractivity (Wildman–Crippen MR) is 143 cm³/mol. The van der Waals surface area contributed by atoms with Gasteiger partial charge in [0.05, 0.1) is 11.2 Å². The topological polar surface area (TPSA) is 66.9 Å². The average Bonchev–Trinajstić information content (AvgIpc) is 2.84. The van der Waals surface area contributed by atoms with E-state index in [1.807, 2.05) is 62.4 Å². The number of carbonyl (C=O) groups excluding carboxylic acids is 1. The Morgan fingerprint density at radius 2 is 1.40 bits per heavy atom. The van der Waals surface area contributed by atoms with Gasteiger partial charge in [-0.3, -0.25) is 4.79 Å². The highest BCUT2D eigenvalue weighted by Gasteiger charge is 2.11. The molecule has 0 aliphatic heterocycles. The molecule has 5 heteroatoms. The van der Waals surface area contributed by atoms with Gasteiger partial charge in [-0.05, 0) is 80.4 Å². The van der Waals surface area contributed by atoms with Crippen molar-refractivity contribution < 1.29 is 4.79 Å². The summed E-state index contributed by atoms with van der Waals surface area (Å²) >= 11 is 0. The zero-order valence-electron chi connectivity index (χ0n) is 20.0. The summed E-state index contributed by atoms with van der Waals surface area (Å²) < 4.78 is 0. The van der Waals surface area contributed by atoms with Crippen LogP contribution in [0.3, 0.4) is 0 Å². The number of fused-ring (bicyclic) bond motifs is 1. The second-order valence-electron chi connectivity index (χ2n) is 8.82. The summed E-state index contributed by atoms with van der Waals surface area (Å²) in [5.41, 5.74) is 8.35. The molecule has 35 heavy (non-hydrogen) atoms. The van der Waals surface area contributed by atoms with Gasteiger partial charge in [0.1, 0.15) is 0 Å². The number of amides is 1. The SMILES string of the molecule is Cc1cc(C)cc(NC(=O)c2ccc(Nc3nc(-c4ccccc4)c4cc(C)ccc4n3)cc2)c1. The number of aryl methyl sites for hydroxylation is 3. The van der Waals surface area contributed by atoms with Crippen LogP contribution >= 0.6 is 0 Å². The lowest BCUT2D eigenvalue weighted by atomic mass is 10.0. The minimum absolute atomic E-state index is 0.148. The first kappa shape index (κ1) is 22.3. The number of nitrogens with zero attached hydrogens (tertiary/aromatic N) is 2. The van der Waals surface area contributed by atoms with Crippen molar-refractivity contribution in [1.82, 2.24) is 9.97 Å². The van der Waals surface area contributed by atoms with Gasteiger partial charge < -0.3 is 10.6 Å². The van der Waals surface area contributed by atoms with Crippen LogP contribution in [-0.2, 0) is 0 Å². The fraction of sp³-hybridized carbons (Fsp3) is 0.100. The van der Waals surface area contributed by atoms with Gasteiger partial charge in [-0.1, -0.05) is 48.0 Å². The van der Waals surface area contributed by atoms with Crippen molar-refractivity contribution in [3.05, 3.63) is 113 Å². The van der Waals surface area contributed by atoms with Crippen molar-refractivity contribution >= 4 is 34.1 Å². The zero-order chi connectivity index (χ0) is 24.4. The Morgan fingerprint density at radius 3 is 2.11 bits per heavy atom. The molecule has 1 aromatic heterocycles. The molecule has 0 aliphatic carbocycles. The Bertz CT molecular complexity index is 1510. The third kappa shape index (κ3) is 5.04. The van der Waals surface area contributed by atoms with E-state index in [-0.39, 0.29) is 5.91 Å². The average molecular weight is 459 g/mol. The van der Waals surface area contributed by atoms with Gasteiger partial charge in [0, 0.05) is 27.9 Å². The summed E-state index contributed by atoms with van der Waals surface area (Å²) in [5, 5.41) is 7.29. The lowest BCUT2D eigenvalue weighted by molar-refractivity contribution is 0.102. The molecular formula is C30H26N4O. The molecule has 0 unspecified atom stereocenters. The highest BCUT2D eigenvalue weighted by Crippen LogP contribution is 2.29. The molecule has 1 heterocycles. The molecular weight excluding hydrogens is 432 g/mol. The van der Waals surface area contributed by atoms with Crippen LogP contribution in [0.15, 0.2) is 91.0 Å². The number of aromatic nitrogens is 2. The highest BCUT2D eigenvalue weighted by molar-refractivity contribution is 6.04. The fourth-order valence-electron chi connectivity index (χ4n) is 4.20. The van der Waals surface area contributed by atoms with Crippen molar-refractivity contribution in [2.75, 3.05) is 10.6 Å². The van der Waals surface area contributed by atoms with Crippen molar-refractivity contribution in [1.29, 1.82) is 0 Å². The quantitative estimate of drug-likeness (QED) is 0.292. The Hall–Kier alpha value is -4.51. The maximum atomic E-state index is 12.7. The van der Waals surface area contributed by atoms with E-state index in [2.05, 4.69) is 47.9 Å². The maximum Gasteiger partial charge on any atom is 0.255 e. The van der Waals surface area contributed by atoms with Gasteiger partial charge in [-0.2, -0.15) is 0 Å². The van der Waals surface area contributed by atoms with Crippen LogP contribution in [0.25, 0.3) is 22.2 Å². The molecule has 0 bridgehead atoms. The van der Waals surface area contributed by atoms with Crippen LogP contribution in [0, 0.1) is 20.8 Å². The normalized spacial score (nSPS) is 10.8. The molecule has 5 aromatic rings. The number of hydrogen-bond acceptors (Lipinski definition) is 4. The zero-order valence-corrected chi connectivity index (χ0v) is 20.0. The van der Waals surface area contributed by atoms with Gasteiger partial charge in [0.2, 0.25) is 5.95 Å². The maximum absolute atomic E-state index is 12.7. The van der Waals surface area contributed by atoms with Crippen molar-refractivity contribution in [2.24, 2.45) is 0 Å². The van der Waals surface area contributed by atoms with Crippen LogP contribution in [0.4, 0.5) is 17.3 Å². The molecule has 5 rings (SSSR count). The number of rotatable bonds is 5. The fourth-order valence-corrected chi connectivity index (χ4v) is 4.20. The molecule has 1 amide bonds. The Labute approximate surface area is 204 Å². The minimum Gasteiger partial charge on any atom is -0.324 e. The third-order valence-corrected chi connectivity index (χ3v) is 5.78. The van der Waals surface area contributed by atoms with E-state index in [4.69, 9.17) is 9.97 Å². The number of nitrogens with one attached hydrogen (secondary N) is 2. The van der Waals surface area contributed by atoms with Crippen LogP contribution < -0.4 is 10.6 Å². The first-order valence-corrected chi connectivity index (χ1v) is 11.6. The van der Waals surface area contributed by atoms with E-state index in [0.717, 1.165) is 50.2 Å². The first-order valence-electron chi connectivity index (χ1n) is 11.6. The largest absolute Gasteiger partial charge is 0.324 e. The van der Waals surface area contributed by atoms with Gasteiger partial charge in [-0.15, -0.1) is 0 Å². The van der Waals surface area contributed by atoms with Crippen molar-refractivity contribution in [3.63, 3.8) is 0 Å². The summed E-state index contributed by atoms with van der Waals surface area (Å²) in [4.78, 5) is 22.3. The molecule has 0 radical (unpaired) electrons. The Kier molecular flexibility index (Phi) is 5.98. The molecule has 4 aromatic carbocycles. The van der Waals surface area contributed by atoms with Crippen molar-refractivity contribution in [3.8, 4) is 11.3 Å². The molecule has 0 atom stereocenters. The summed E-state index contributed by atoms with van der Waals surface area (Å²) in [6, 6.07) is 29.6. The lowest BCUT2D eigenvalue weighted by Gasteiger charge is -2.12. The lowest BCUT2D eigenvalue weighted by Crippen LogP contribution is -2.12. The van der Waals surface area contributed by atoms with E-state index >= 15 is 0 Å². The van der Waals surface area contributed by atoms with E-state index in [1.165, 1.54) is 0 Å². The second kappa shape index (κ2) is 9.39. The third-order valence-electron chi connectivity index (χ3n) is 5.78. The van der Waals surface area contributed by atoms with E-state index in [0.29, 0.717) is 11.5 Å². The second-order valence-corrected chi connectivity index (χ2v) is 8.82. The van der Waals surface area contributed by atoms with Crippen molar-refractivity contribution in [2.45, 2.75) is 20.8 Å². The molecule has 0 aliphatic rings. The predicted octanol–water partition coefficient (Wildman–Crippen LogP) is 7.22. The molecule has 5 nitrogen and oxygen atoms in total. The summed E-state index contributed by atoms with van der Waals surface area (Å²) in [6.45, 7) is 6.10. The number of anilines is 3. The summed E-state index contributed by atoms with van der Waals surface area (Å²) in [7, 11) is 0. The monoisotopic (exact) mass is 458 g/mol. The number of benzene rings is 4. The van der Waals surface area contributed by atoms with E-state index < -0.39 is 0 Å². The smallest absolute Gasteiger partial charge is 0.255 e. The van der Waals surface area contributed by atoms with Gasteiger partial charge in [-0.25, -0.2) is 9.97 Å². The van der Waals surface area contributed by atoms with E-state index in [9.17, 15) is 4.79 Å². The molecule has 0 saturated heterocycles. The van der Waals surface area contributed by atoms with Gasteiger partial charge >= 0.3 is 0 Å². The molecule has 172 valence electrons. The molecule has 0 saturated carbocycles. The van der Waals surface area contributed by atoms with Crippen LogP contribution in [0.5, 0.6) is 0 Å². The molecule has 0 fully saturated rings. The first-order chi connectivity index (χ1) is 16.9. The highest BCUT2D eigenvalue weighted by atomic mass is 16.1. The van der Waals surface area contributed by atoms with Crippen LogP contribution in [0.2, 0.25) is 0 Å². The van der Waals surface area contributed by atoms with Crippen LogP contribution in [0.1, 0.15) is 27.0 Å². The number of carbonyl (C=O) groups is 1. The Morgan fingerprint density at radius 1 is 0.686 bits per heavy atom. The Balaban J connectivity index is 1.40. The summed E-state index contributed by atoms with van der Waals surface area (Å²) in [5.74, 6) is 0.359. The molecule has 2 N–H and O–H groups in total. The standard InChI is InChI=1S/C30H26N4O/c1-19-9-14-27-26(18-19)28(22-7-5-4-6-8-22)34-30(33-27)32-24-12-10-23(11-13-24)29(35)31-25-16-20(2)15-21(3)17-25/h4-18H,1-3H3,(H,31,35)(H,32,33,34). The van der Waals surface area contributed by atoms with Gasteiger partial charge in [0.15, 0.2) is 0 Å². The van der Waals surface area contributed by atoms with Gasteiger partial charge in [0.25, 0.3) is 5.91 Å². The van der Waals surface area contributed by atoms with E-state index in [1.54, 1.807) is 12.1 Å². The summed E-state index contributed by atoms with van der Waals surface area (Å²) in [6.07, 6.45) is 0.